The highest BCUT2D eigenvalue weighted by Crippen LogP contribution is 2.14. The molecule has 0 radical (unpaired) electrons. The molecule has 1 heterocycles. The first kappa shape index (κ1) is 10.4. The third-order valence-electron chi connectivity index (χ3n) is 2.22. The molecule has 0 saturated carbocycles. The van der Waals surface area contributed by atoms with Crippen molar-refractivity contribution in [2.24, 2.45) is 0 Å². The van der Waals surface area contributed by atoms with Crippen molar-refractivity contribution in [2.45, 2.75) is 24.3 Å². The molecule has 0 aromatic heterocycles. The fourth-order valence-electron chi connectivity index (χ4n) is 1.41. The van der Waals surface area contributed by atoms with Gasteiger partial charge < -0.3 is 20.6 Å². The lowest BCUT2D eigenvalue weighted by Gasteiger charge is -2.13. The molecule has 0 aromatic rings. The molecule has 0 aliphatic carbocycles. The fraction of sp³-hybridized carbons (Fsp3) is 0.857. The van der Waals surface area contributed by atoms with Crippen molar-refractivity contribution in [3.63, 3.8) is 0 Å². The van der Waals surface area contributed by atoms with Crippen molar-refractivity contribution in [3.8, 4) is 0 Å². The van der Waals surface area contributed by atoms with Crippen molar-refractivity contribution in [1.82, 2.24) is 10.6 Å². The van der Waals surface area contributed by atoms with Crippen LogP contribution in [0.2, 0.25) is 0 Å². The van der Waals surface area contributed by atoms with Gasteiger partial charge in [-0.05, 0) is 0 Å². The van der Waals surface area contributed by atoms with E-state index in [1.54, 1.807) is 0 Å². The molecule has 1 rings (SSSR count). The van der Waals surface area contributed by atoms with Gasteiger partial charge in [0, 0.05) is 7.05 Å². The van der Waals surface area contributed by atoms with E-state index in [0.717, 1.165) is 0 Å². The van der Waals surface area contributed by atoms with Gasteiger partial charge in [-0.3, -0.25) is 10.1 Å². The fourth-order valence-corrected chi connectivity index (χ4v) is 1.41. The molecule has 76 valence electrons. The van der Waals surface area contributed by atoms with E-state index in [9.17, 15) is 15.0 Å². The van der Waals surface area contributed by atoms with Crippen LogP contribution in [-0.2, 0) is 4.79 Å². The lowest BCUT2D eigenvalue weighted by molar-refractivity contribution is -0.125. The molecule has 0 aromatic carbocycles. The van der Waals surface area contributed by atoms with Crippen LogP contribution in [0.1, 0.15) is 0 Å². The number of nitrogens with one attached hydrogen (secondary N) is 2. The maximum Gasteiger partial charge on any atom is 0.239 e. The number of hydrogen-bond acceptors (Lipinski definition) is 5. The summed E-state index contributed by atoms with van der Waals surface area (Å²) >= 11 is 0. The van der Waals surface area contributed by atoms with E-state index in [0.29, 0.717) is 0 Å². The van der Waals surface area contributed by atoms with Crippen molar-refractivity contribution < 1.29 is 20.1 Å². The molecular weight excluding hydrogens is 176 g/mol. The quantitative estimate of drug-likeness (QED) is 0.315. The number of aliphatic hydroxyl groups is 3. The van der Waals surface area contributed by atoms with Gasteiger partial charge in [0.1, 0.15) is 12.1 Å². The van der Waals surface area contributed by atoms with E-state index in [-0.39, 0.29) is 6.61 Å². The van der Waals surface area contributed by atoms with Crippen LogP contribution in [-0.4, -0.2) is 59.2 Å². The molecule has 1 aliphatic heterocycles. The average Bonchev–Trinajstić information content (AvgIpc) is 2.43. The SMILES string of the molecule is CNC(=O)[C@H]1N[C@H](CO)[C@@H](O)[C@@H]1O. The highest BCUT2D eigenvalue weighted by Gasteiger charge is 2.43. The summed E-state index contributed by atoms with van der Waals surface area (Å²) in [6.45, 7) is -0.314. The minimum Gasteiger partial charge on any atom is -0.395 e. The number of likely N-dealkylation sites (N-methyl/N-ethyl adjacent to an activating group) is 1. The zero-order valence-corrected chi connectivity index (χ0v) is 7.27. The molecule has 0 bridgehead atoms. The van der Waals surface area contributed by atoms with E-state index in [4.69, 9.17) is 5.11 Å². The predicted octanol–water partition coefficient (Wildman–Crippen LogP) is -3.21. The molecule has 13 heavy (non-hydrogen) atoms. The largest absolute Gasteiger partial charge is 0.395 e. The zero-order valence-electron chi connectivity index (χ0n) is 7.27. The van der Waals surface area contributed by atoms with Gasteiger partial charge in [-0.2, -0.15) is 0 Å². The van der Waals surface area contributed by atoms with E-state index in [2.05, 4.69) is 10.6 Å². The summed E-state index contributed by atoms with van der Waals surface area (Å²) < 4.78 is 0. The molecule has 0 unspecified atom stereocenters. The summed E-state index contributed by atoms with van der Waals surface area (Å²) in [5.74, 6) is -0.400. The Morgan fingerprint density at radius 3 is 2.46 bits per heavy atom. The minimum absolute atomic E-state index is 0.314. The van der Waals surface area contributed by atoms with Gasteiger partial charge in [-0.1, -0.05) is 0 Å². The molecule has 6 heteroatoms. The van der Waals surface area contributed by atoms with Crippen LogP contribution in [0.15, 0.2) is 0 Å². The highest BCUT2D eigenvalue weighted by atomic mass is 16.3. The highest BCUT2D eigenvalue weighted by molar-refractivity contribution is 5.82. The van der Waals surface area contributed by atoms with Crippen LogP contribution in [0.4, 0.5) is 0 Å². The van der Waals surface area contributed by atoms with Crippen molar-refractivity contribution >= 4 is 5.91 Å². The third-order valence-corrected chi connectivity index (χ3v) is 2.22. The molecule has 4 atom stereocenters. The zero-order chi connectivity index (χ0) is 10.0. The minimum atomic E-state index is -1.17. The van der Waals surface area contributed by atoms with Gasteiger partial charge >= 0.3 is 0 Å². The Hall–Kier alpha value is -0.690. The Balaban J connectivity index is 2.65. The Kier molecular flexibility index (Phi) is 3.21. The van der Waals surface area contributed by atoms with Crippen LogP contribution < -0.4 is 10.6 Å². The Labute approximate surface area is 75.6 Å². The van der Waals surface area contributed by atoms with Gasteiger partial charge in [0.25, 0.3) is 0 Å². The first-order valence-electron chi connectivity index (χ1n) is 4.06. The normalized spacial score (nSPS) is 39.1. The summed E-state index contributed by atoms with van der Waals surface area (Å²) in [7, 11) is 1.44. The summed E-state index contributed by atoms with van der Waals surface area (Å²) in [4.78, 5) is 11.1. The summed E-state index contributed by atoms with van der Waals surface area (Å²) in [6, 6.07) is -1.49. The number of hydrogen-bond donors (Lipinski definition) is 5. The number of aliphatic hydroxyl groups excluding tert-OH is 3. The second kappa shape index (κ2) is 4.01. The molecule has 1 amide bonds. The monoisotopic (exact) mass is 190 g/mol. The maximum absolute atomic E-state index is 11.1. The van der Waals surface area contributed by atoms with Crippen LogP contribution in [0.25, 0.3) is 0 Å². The molecule has 1 saturated heterocycles. The second-order valence-electron chi connectivity index (χ2n) is 3.03. The van der Waals surface area contributed by atoms with E-state index < -0.39 is 30.2 Å². The number of amides is 1. The van der Waals surface area contributed by atoms with Gasteiger partial charge in [0.05, 0.1) is 18.8 Å². The average molecular weight is 190 g/mol. The number of carbonyl (C=O) groups is 1. The first-order chi connectivity index (χ1) is 6.11. The van der Waals surface area contributed by atoms with Gasteiger partial charge in [0.15, 0.2) is 0 Å². The van der Waals surface area contributed by atoms with Crippen LogP contribution in [0.3, 0.4) is 0 Å². The summed E-state index contributed by atoms with van der Waals surface area (Å²) in [6.07, 6.45) is -2.27. The lowest BCUT2D eigenvalue weighted by atomic mass is 10.1. The van der Waals surface area contributed by atoms with Crippen molar-refractivity contribution in [2.75, 3.05) is 13.7 Å². The lowest BCUT2D eigenvalue weighted by Crippen LogP contribution is -2.46. The Bertz CT molecular complexity index is 199. The topological polar surface area (TPSA) is 102 Å². The maximum atomic E-state index is 11.1. The summed E-state index contributed by atoms with van der Waals surface area (Å²) in [5, 5.41) is 32.4. The summed E-state index contributed by atoms with van der Waals surface area (Å²) in [5.41, 5.74) is 0. The van der Waals surface area contributed by atoms with Crippen LogP contribution in [0.5, 0.6) is 0 Å². The standard InChI is InChI=1S/C7H14N2O4/c1-8-7(13)4-6(12)5(11)3(2-10)9-4/h3-6,9-12H,2H2,1H3,(H,8,13)/t3-,4+,5-,6-/m1/s1. The molecule has 0 spiro atoms. The predicted molar refractivity (Wildman–Crippen MR) is 43.9 cm³/mol. The van der Waals surface area contributed by atoms with E-state index in [1.807, 2.05) is 0 Å². The molecule has 5 N–H and O–H groups in total. The van der Waals surface area contributed by atoms with E-state index in [1.165, 1.54) is 7.05 Å². The van der Waals surface area contributed by atoms with Gasteiger partial charge in [-0.25, -0.2) is 0 Å². The molecule has 6 nitrogen and oxygen atoms in total. The second-order valence-corrected chi connectivity index (χ2v) is 3.03. The third kappa shape index (κ3) is 1.80. The Morgan fingerprint density at radius 1 is 1.46 bits per heavy atom. The van der Waals surface area contributed by atoms with E-state index >= 15 is 0 Å². The van der Waals surface area contributed by atoms with Gasteiger partial charge in [0.2, 0.25) is 5.91 Å². The number of carbonyl (C=O) groups excluding carboxylic acids is 1. The molecule has 1 aliphatic rings. The number of rotatable bonds is 2. The molecular formula is C7H14N2O4. The molecule has 1 fully saturated rings. The van der Waals surface area contributed by atoms with Crippen LogP contribution >= 0.6 is 0 Å². The Morgan fingerprint density at radius 2 is 2.08 bits per heavy atom. The smallest absolute Gasteiger partial charge is 0.239 e. The van der Waals surface area contributed by atoms with Gasteiger partial charge in [-0.15, -0.1) is 0 Å². The first-order valence-corrected chi connectivity index (χ1v) is 4.06. The van der Waals surface area contributed by atoms with Crippen molar-refractivity contribution in [3.05, 3.63) is 0 Å². The van der Waals surface area contributed by atoms with Crippen molar-refractivity contribution in [1.29, 1.82) is 0 Å². The van der Waals surface area contributed by atoms with Crippen LogP contribution in [0, 0.1) is 0 Å².